The average Bonchev–Trinajstić information content (AvgIpc) is 2.91. The Bertz CT molecular complexity index is 978. The number of carbonyl (C=O) groups excluding carboxylic acids is 3. The molecule has 35 heavy (non-hydrogen) atoms. The van der Waals surface area contributed by atoms with E-state index in [1.807, 2.05) is 36.0 Å². The maximum Gasteiger partial charge on any atom is 0.275 e. The molecule has 0 radical (unpaired) electrons. The molecule has 1 aliphatic heterocycles. The molecule has 2 aromatic carbocycles. The zero-order valence-electron chi connectivity index (χ0n) is 20.0. The van der Waals surface area contributed by atoms with Crippen molar-refractivity contribution in [2.24, 2.45) is 0 Å². The lowest BCUT2D eigenvalue weighted by Crippen LogP contribution is -2.54. The van der Waals surface area contributed by atoms with Gasteiger partial charge in [-0.3, -0.25) is 19.6 Å². The van der Waals surface area contributed by atoms with Gasteiger partial charge in [0.1, 0.15) is 5.75 Å². The zero-order valence-corrected chi connectivity index (χ0v) is 20.8. The second-order valence-electron chi connectivity index (χ2n) is 8.17. The summed E-state index contributed by atoms with van der Waals surface area (Å²) in [5, 5.41) is 11.2. The Labute approximate surface area is 209 Å². The Morgan fingerprint density at radius 2 is 1.63 bits per heavy atom. The summed E-state index contributed by atoms with van der Waals surface area (Å²) in [6, 6.07) is 13.2. The van der Waals surface area contributed by atoms with Gasteiger partial charge >= 0.3 is 0 Å². The predicted octanol–water partition coefficient (Wildman–Crippen LogP) is 1.86. The van der Waals surface area contributed by atoms with Gasteiger partial charge in [0.2, 0.25) is 0 Å². The highest BCUT2D eigenvalue weighted by Crippen LogP contribution is 2.23. The summed E-state index contributed by atoms with van der Waals surface area (Å²) in [5.41, 5.74) is 3.62. The van der Waals surface area contributed by atoms with Gasteiger partial charge in [0.15, 0.2) is 6.04 Å². The van der Waals surface area contributed by atoms with E-state index in [2.05, 4.69) is 10.2 Å². The number of thioether (sulfide) groups is 1. The molecule has 9 nitrogen and oxygen atoms in total. The zero-order chi connectivity index (χ0) is 25.2. The maximum atomic E-state index is 12.8. The molecule has 188 valence electrons. The number of nitrogens with one attached hydrogen (secondary N) is 2. The van der Waals surface area contributed by atoms with Gasteiger partial charge < -0.3 is 19.9 Å². The molecular weight excluding hydrogens is 468 g/mol. The number of hydrogen-bond acceptors (Lipinski definition) is 7. The normalized spacial score (nSPS) is 14.6. The molecular formula is C25H32N4O5S. The topological polar surface area (TPSA) is 111 Å². The third-order valence-electron chi connectivity index (χ3n) is 5.87. The summed E-state index contributed by atoms with van der Waals surface area (Å²) in [6.45, 7) is 4.06. The smallest absolute Gasteiger partial charge is 0.275 e. The van der Waals surface area contributed by atoms with Gasteiger partial charge in [0.05, 0.1) is 6.61 Å². The second-order valence-corrected chi connectivity index (χ2v) is 9.39. The lowest BCUT2D eigenvalue weighted by molar-refractivity contribution is -0.140. The van der Waals surface area contributed by atoms with Gasteiger partial charge in [-0.25, -0.2) is 5.48 Å². The molecule has 1 aliphatic rings. The summed E-state index contributed by atoms with van der Waals surface area (Å²) >= 11 is 2.01. The van der Waals surface area contributed by atoms with Crippen LogP contribution in [0.4, 0.5) is 0 Å². The number of amides is 3. The number of rotatable bonds is 10. The van der Waals surface area contributed by atoms with Crippen LogP contribution in [0.2, 0.25) is 0 Å². The minimum Gasteiger partial charge on any atom is -0.494 e. The fourth-order valence-electron chi connectivity index (χ4n) is 3.84. The molecule has 10 heteroatoms. The van der Waals surface area contributed by atoms with Crippen LogP contribution in [-0.2, 0) is 9.59 Å². The average molecular weight is 501 g/mol. The van der Waals surface area contributed by atoms with Gasteiger partial charge in [-0.15, -0.1) is 0 Å². The minimum atomic E-state index is -1.50. The number of ether oxygens (including phenoxy) is 1. The van der Waals surface area contributed by atoms with E-state index in [4.69, 9.17) is 9.94 Å². The number of benzene rings is 2. The van der Waals surface area contributed by atoms with Gasteiger partial charge in [-0.05, 0) is 41.8 Å². The van der Waals surface area contributed by atoms with Crippen LogP contribution in [0, 0.1) is 0 Å². The highest BCUT2D eigenvalue weighted by atomic mass is 32.2. The van der Waals surface area contributed by atoms with Crippen LogP contribution in [0.1, 0.15) is 16.8 Å². The largest absolute Gasteiger partial charge is 0.494 e. The molecule has 0 aliphatic carbocycles. The van der Waals surface area contributed by atoms with Crippen molar-refractivity contribution in [1.29, 1.82) is 0 Å². The van der Waals surface area contributed by atoms with Gasteiger partial charge in [-0.1, -0.05) is 24.3 Å². The number of likely N-dealkylation sites (N-methyl/N-ethyl adjacent to an activating group) is 2. The Hall–Kier alpha value is -3.08. The van der Waals surface area contributed by atoms with Gasteiger partial charge in [-0.2, -0.15) is 11.8 Å². The number of carbonyl (C=O) groups is 3. The third-order valence-corrected chi connectivity index (χ3v) is 6.81. The first-order chi connectivity index (χ1) is 16.9. The molecule has 1 atom stereocenters. The van der Waals surface area contributed by atoms with Gasteiger partial charge in [0, 0.05) is 50.8 Å². The van der Waals surface area contributed by atoms with Crippen LogP contribution >= 0.6 is 11.8 Å². The summed E-state index contributed by atoms with van der Waals surface area (Å²) in [4.78, 5) is 40.2. The van der Waals surface area contributed by atoms with Crippen LogP contribution in [0.3, 0.4) is 0 Å². The van der Waals surface area contributed by atoms with Crippen LogP contribution in [0.5, 0.6) is 5.75 Å². The molecule has 1 fully saturated rings. The standard InChI is InChI=1S/C25H32N4O5S/c1-26-23(30)22(24(31)27-33)28(2)25(32)20-6-4-18(5-7-20)19-8-10-21(11-9-19)34-15-3-12-29-13-16-35-17-14-29/h4-11,22,33H,3,12-17H2,1-2H3,(H,26,30)(H,27,31). The van der Waals surface area contributed by atoms with Crippen molar-refractivity contribution in [3.05, 3.63) is 54.1 Å². The molecule has 3 amide bonds. The fraction of sp³-hybridized carbons (Fsp3) is 0.400. The molecule has 0 aromatic heterocycles. The number of hydroxylamine groups is 1. The van der Waals surface area contributed by atoms with E-state index in [1.165, 1.54) is 31.1 Å². The van der Waals surface area contributed by atoms with Crippen molar-refractivity contribution in [3.63, 3.8) is 0 Å². The third kappa shape index (κ3) is 7.20. The molecule has 3 N–H and O–H groups in total. The summed E-state index contributed by atoms with van der Waals surface area (Å²) < 4.78 is 5.88. The van der Waals surface area contributed by atoms with Gasteiger partial charge in [0.25, 0.3) is 17.7 Å². The lowest BCUT2D eigenvalue weighted by atomic mass is 10.0. The fourth-order valence-corrected chi connectivity index (χ4v) is 4.82. The van der Waals surface area contributed by atoms with E-state index in [9.17, 15) is 14.4 Å². The van der Waals surface area contributed by atoms with E-state index < -0.39 is 23.8 Å². The van der Waals surface area contributed by atoms with Crippen molar-refractivity contribution >= 4 is 29.5 Å². The monoisotopic (exact) mass is 500 g/mol. The molecule has 1 saturated heterocycles. The highest BCUT2D eigenvalue weighted by molar-refractivity contribution is 7.99. The van der Waals surface area contributed by atoms with Crippen molar-refractivity contribution in [2.75, 3.05) is 51.8 Å². The highest BCUT2D eigenvalue weighted by Gasteiger charge is 2.33. The van der Waals surface area contributed by atoms with Crippen molar-refractivity contribution in [2.45, 2.75) is 12.5 Å². The molecule has 1 heterocycles. The Morgan fingerprint density at radius 1 is 1.03 bits per heavy atom. The van der Waals surface area contributed by atoms with Crippen LogP contribution in [0.25, 0.3) is 11.1 Å². The van der Waals surface area contributed by atoms with E-state index in [1.54, 1.807) is 24.3 Å². The Morgan fingerprint density at radius 3 is 2.20 bits per heavy atom. The van der Waals surface area contributed by atoms with Crippen molar-refractivity contribution in [3.8, 4) is 16.9 Å². The van der Waals surface area contributed by atoms with Crippen LogP contribution < -0.4 is 15.5 Å². The first-order valence-corrected chi connectivity index (χ1v) is 12.7. The van der Waals surface area contributed by atoms with E-state index in [0.717, 1.165) is 47.8 Å². The van der Waals surface area contributed by atoms with Crippen LogP contribution in [0.15, 0.2) is 48.5 Å². The Balaban J connectivity index is 1.56. The Kier molecular flexibility index (Phi) is 9.95. The van der Waals surface area contributed by atoms with E-state index >= 15 is 0 Å². The lowest BCUT2D eigenvalue weighted by Gasteiger charge is -2.25. The number of nitrogens with zero attached hydrogens (tertiary/aromatic N) is 2. The second kappa shape index (κ2) is 13.1. The van der Waals surface area contributed by atoms with Crippen LogP contribution in [-0.4, -0.2) is 90.6 Å². The molecule has 0 bridgehead atoms. The molecule has 0 spiro atoms. The molecule has 0 saturated carbocycles. The maximum absolute atomic E-state index is 12.8. The number of hydrogen-bond donors (Lipinski definition) is 3. The summed E-state index contributed by atoms with van der Waals surface area (Å²) in [6.07, 6.45) is 0.997. The first-order valence-electron chi connectivity index (χ1n) is 11.5. The minimum absolute atomic E-state index is 0.308. The SMILES string of the molecule is CNC(=O)C(C(=O)NO)N(C)C(=O)c1ccc(-c2ccc(OCCCN3CCSCC3)cc2)cc1. The van der Waals surface area contributed by atoms with E-state index in [0.29, 0.717) is 12.2 Å². The van der Waals surface area contributed by atoms with E-state index in [-0.39, 0.29) is 0 Å². The summed E-state index contributed by atoms with van der Waals surface area (Å²) in [7, 11) is 2.67. The van der Waals surface area contributed by atoms with Crippen molar-refractivity contribution < 1.29 is 24.3 Å². The summed E-state index contributed by atoms with van der Waals surface area (Å²) in [5.74, 6) is 1.01. The quantitative estimate of drug-likeness (QED) is 0.198. The molecule has 3 rings (SSSR count). The predicted molar refractivity (Wildman–Crippen MR) is 136 cm³/mol. The molecule has 2 aromatic rings. The van der Waals surface area contributed by atoms with Crippen molar-refractivity contribution in [1.82, 2.24) is 20.6 Å². The first kappa shape index (κ1) is 26.5. The molecule has 1 unspecified atom stereocenters.